The third-order valence-corrected chi connectivity index (χ3v) is 4.94. The monoisotopic (exact) mass is 334 g/mol. The number of fused-ring (bicyclic) bond motifs is 2. The highest BCUT2D eigenvalue weighted by molar-refractivity contribution is 5.91. The van der Waals surface area contributed by atoms with Gasteiger partial charge in [0.15, 0.2) is 0 Å². The minimum Gasteiger partial charge on any atom is -0.497 e. The van der Waals surface area contributed by atoms with Crippen LogP contribution in [-0.4, -0.2) is 25.7 Å². The molecule has 0 bridgehead atoms. The zero-order valence-electron chi connectivity index (χ0n) is 14.9. The molecule has 128 valence electrons. The third-order valence-electron chi connectivity index (χ3n) is 4.94. The summed E-state index contributed by atoms with van der Waals surface area (Å²) in [5.41, 5.74) is 4.90. The molecular weight excluding hydrogens is 312 g/mol. The van der Waals surface area contributed by atoms with Crippen molar-refractivity contribution < 1.29 is 9.47 Å². The Bertz CT molecular complexity index is 937. The second-order valence-electron chi connectivity index (χ2n) is 6.46. The van der Waals surface area contributed by atoms with Gasteiger partial charge in [-0.15, -0.1) is 0 Å². The van der Waals surface area contributed by atoms with E-state index in [4.69, 9.17) is 14.5 Å². The van der Waals surface area contributed by atoms with Crippen LogP contribution in [0.15, 0.2) is 42.5 Å². The molecule has 0 saturated carbocycles. The lowest BCUT2D eigenvalue weighted by molar-refractivity contribution is 0.397. The van der Waals surface area contributed by atoms with E-state index < -0.39 is 0 Å². The molecule has 0 spiro atoms. The van der Waals surface area contributed by atoms with E-state index >= 15 is 0 Å². The van der Waals surface area contributed by atoms with Gasteiger partial charge >= 0.3 is 0 Å². The van der Waals surface area contributed by atoms with Crippen molar-refractivity contribution in [1.29, 1.82) is 0 Å². The number of anilines is 1. The lowest BCUT2D eigenvalue weighted by atomic mass is 9.99. The summed E-state index contributed by atoms with van der Waals surface area (Å²) in [6.07, 6.45) is 1.05. The molecule has 0 fully saturated rings. The van der Waals surface area contributed by atoms with Crippen LogP contribution in [0.25, 0.3) is 10.9 Å². The van der Waals surface area contributed by atoms with Crippen molar-refractivity contribution in [3.8, 4) is 11.5 Å². The number of hydrogen-bond donors (Lipinski definition) is 0. The predicted molar refractivity (Wildman–Crippen MR) is 101 cm³/mol. The van der Waals surface area contributed by atoms with Crippen molar-refractivity contribution in [1.82, 2.24) is 4.98 Å². The van der Waals surface area contributed by atoms with Crippen molar-refractivity contribution in [3.05, 3.63) is 59.2 Å². The van der Waals surface area contributed by atoms with Crippen LogP contribution in [0.3, 0.4) is 0 Å². The Morgan fingerprint density at radius 3 is 2.56 bits per heavy atom. The highest BCUT2D eigenvalue weighted by atomic mass is 16.5. The second kappa shape index (κ2) is 6.28. The number of aryl methyl sites for hydroxylation is 1. The Morgan fingerprint density at radius 2 is 1.80 bits per heavy atom. The molecule has 0 aliphatic carbocycles. The summed E-state index contributed by atoms with van der Waals surface area (Å²) in [5.74, 6) is 2.57. The van der Waals surface area contributed by atoms with Crippen molar-refractivity contribution in [2.45, 2.75) is 19.9 Å². The van der Waals surface area contributed by atoms with Gasteiger partial charge in [0.25, 0.3) is 0 Å². The van der Waals surface area contributed by atoms with Gasteiger partial charge in [0.2, 0.25) is 0 Å². The molecule has 4 heteroatoms. The summed E-state index contributed by atoms with van der Waals surface area (Å²) in [7, 11) is 3.35. The summed E-state index contributed by atoms with van der Waals surface area (Å²) in [6, 6.07) is 14.7. The molecule has 0 saturated heterocycles. The van der Waals surface area contributed by atoms with E-state index in [2.05, 4.69) is 42.2 Å². The highest BCUT2D eigenvalue weighted by Gasteiger charge is 2.19. The minimum atomic E-state index is 0.761. The van der Waals surface area contributed by atoms with Gasteiger partial charge in [-0.2, -0.15) is 0 Å². The first kappa shape index (κ1) is 15.8. The minimum absolute atomic E-state index is 0.761. The maximum absolute atomic E-state index is 5.55. The number of aromatic nitrogens is 1. The molecule has 3 aromatic rings. The van der Waals surface area contributed by atoms with Crippen LogP contribution in [-0.2, 0) is 13.0 Å². The maximum atomic E-state index is 5.55. The topological polar surface area (TPSA) is 34.6 Å². The quantitative estimate of drug-likeness (QED) is 0.721. The molecule has 0 N–H and O–H groups in total. The van der Waals surface area contributed by atoms with Crippen LogP contribution < -0.4 is 14.4 Å². The Hall–Kier alpha value is -2.75. The molecule has 1 aromatic heterocycles. The van der Waals surface area contributed by atoms with Gasteiger partial charge in [-0.1, -0.05) is 24.3 Å². The first-order chi connectivity index (χ1) is 12.2. The summed E-state index contributed by atoms with van der Waals surface area (Å²) >= 11 is 0. The van der Waals surface area contributed by atoms with Gasteiger partial charge in [0.1, 0.15) is 17.3 Å². The molecular formula is C21H22N2O2. The Morgan fingerprint density at radius 1 is 1.00 bits per heavy atom. The van der Waals surface area contributed by atoms with Crippen LogP contribution in [0, 0.1) is 6.92 Å². The third kappa shape index (κ3) is 2.78. The van der Waals surface area contributed by atoms with Gasteiger partial charge in [0, 0.05) is 30.6 Å². The molecule has 0 radical (unpaired) electrons. The molecule has 4 nitrogen and oxygen atoms in total. The number of ether oxygens (including phenoxy) is 2. The van der Waals surface area contributed by atoms with Gasteiger partial charge < -0.3 is 14.4 Å². The van der Waals surface area contributed by atoms with E-state index in [9.17, 15) is 0 Å². The van der Waals surface area contributed by atoms with E-state index in [0.29, 0.717) is 0 Å². The summed E-state index contributed by atoms with van der Waals surface area (Å²) < 4.78 is 11.0. The van der Waals surface area contributed by atoms with Crippen LogP contribution in [0.1, 0.15) is 16.7 Å². The number of nitrogens with zero attached hydrogens (tertiary/aromatic N) is 2. The zero-order chi connectivity index (χ0) is 17.4. The summed E-state index contributed by atoms with van der Waals surface area (Å²) in [5, 5.41) is 1.05. The fraction of sp³-hybridized carbons (Fsp3) is 0.286. The van der Waals surface area contributed by atoms with E-state index in [1.165, 1.54) is 16.7 Å². The molecule has 1 aliphatic rings. The fourth-order valence-corrected chi connectivity index (χ4v) is 3.61. The largest absolute Gasteiger partial charge is 0.497 e. The van der Waals surface area contributed by atoms with Gasteiger partial charge in [-0.3, -0.25) is 0 Å². The van der Waals surface area contributed by atoms with Crippen LogP contribution in [0.4, 0.5) is 5.82 Å². The number of pyridine rings is 1. The second-order valence-corrected chi connectivity index (χ2v) is 6.46. The Labute approximate surface area is 148 Å². The molecule has 0 atom stereocenters. The van der Waals surface area contributed by atoms with Crippen LogP contribution in [0.5, 0.6) is 11.5 Å². The Balaban J connectivity index is 1.79. The van der Waals surface area contributed by atoms with Crippen molar-refractivity contribution in [3.63, 3.8) is 0 Å². The summed E-state index contributed by atoms with van der Waals surface area (Å²) in [4.78, 5) is 7.26. The number of rotatable bonds is 3. The average molecular weight is 334 g/mol. The van der Waals surface area contributed by atoms with E-state index in [1.807, 2.05) is 12.1 Å². The van der Waals surface area contributed by atoms with E-state index in [0.717, 1.165) is 47.7 Å². The molecule has 1 aliphatic heterocycles. The van der Waals surface area contributed by atoms with Gasteiger partial charge in [0.05, 0.1) is 19.7 Å². The van der Waals surface area contributed by atoms with Crippen LogP contribution >= 0.6 is 0 Å². The van der Waals surface area contributed by atoms with E-state index in [1.54, 1.807) is 14.2 Å². The SMILES string of the molecule is COc1cc(OC)c2c(C)cc(N3CCc4ccccc4C3)nc2c1. The number of methoxy groups -OCH3 is 2. The molecule has 2 heterocycles. The standard InChI is InChI=1S/C21H22N2O2/c1-14-10-20(23-9-8-15-6-4-5-7-16(15)13-23)22-18-11-17(24-2)12-19(25-3)21(14)18/h4-7,10-12H,8-9,13H2,1-3H3. The molecule has 25 heavy (non-hydrogen) atoms. The van der Waals surface area contributed by atoms with Crippen molar-refractivity contribution in [2.75, 3.05) is 25.7 Å². The highest BCUT2D eigenvalue weighted by Crippen LogP contribution is 2.35. The van der Waals surface area contributed by atoms with E-state index in [-0.39, 0.29) is 0 Å². The average Bonchev–Trinajstić information content (AvgIpc) is 2.66. The number of hydrogen-bond acceptors (Lipinski definition) is 4. The molecule has 0 amide bonds. The normalized spacial score (nSPS) is 13.6. The van der Waals surface area contributed by atoms with Gasteiger partial charge in [-0.25, -0.2) is 4.98 Å². The fourth-order valence-electron chi connectivity index (χ4n) is 3.61. The first-order valence-electron chi connectivity index (χ1n) is 8.54. The number of benzene rings is 2. The predicted octanol–water partition coefficient (Wildman–Crippen LogP) is 4.12. The smallest absolute Gasteiger partial charge is 0.132 e. The van der Waals surface area contributed by atoms with Crippen molar-refractivity contribution in [2.24, 2.45) is 0 Å². The maximum Gasteiger partial charge on any atom is 0.132 e. The lowest BCUT2D eigenvalue weighted by Crippen LogP contribution is -2.31. The lowest BCUT2D eigenvalue weighted by Gasteiger charge is -2.30. The first-order valence-corrected chi connectivity index (χ1v) is 8.54. The molecule has 2 aromatic carbocycles. The van der Waals surface area contributed by atoms with Crippen molar-refractivity contribution >= 4 is 16.7 Å². The zero-order valence-corrected chi connectivity index (χ0v) is 14.9. The molecule has 0 unspecified atom stereocenters. The van der Waals surface area contributed by atoms with Gasteiger partial charge in [-0.05, 0) is 36.1 Å². The van der Waals surface area contributed by atoms with Crippen LogP contribution in [0.2, 0.25) is 0 Å². The summed E-state index contributed by atoms with van der Waals surface area (Å²) in [6.45, 7) is 3.99. The Kier molecular flexibility index (Phi) is 3.96. The molecule has 4 rings (SSSR count).